The van der Waals surface area contributed by atoms with E-state index in [-0.39, 0.29) is 11.0 Å². The molecular weight excluding hydrogens is 368 g/mol. The van der Waals surface area contributed by atoms with Crippen molar-refractivity contribution >= 4 is 41.0 Å². The molecule has 138 valence electrons. The summed E-state index contributed by atoms with van der Waals surface area (Å²) < 4.78 is 10.2. The van der Waals surface area contributed by atoms with Gasteiger partial charge in [0.1, 0.15) is 17.2 Å². The van der Waals surface area contributed by atoms with Gasteiger partial charge in [0, 0.05) is 0 Å². The average Bonchev–Trinajstić information content (AvgIpc) is 2.94. The number of thiocarbonyl (C=S) groups is 1. The van der Waals surface area contributed by atoms with Crippen LogP contribution in [0.1, 0.15) is 5.56 Å². The largest absolute Gasteiger partial charge is 0.497 e. The van der Waals surface area contributed by atoms with Crippen LogP contribution in [-0.2, 0) is 9.59 Å². The predicted octanol–water partition coefficient (Wildman–Crippen LogP) is 2.42. The van der Waals surface area contributed by atoms with E-state index in [1.807, 2.05) is 0 Å². The zero-order chi connectivity index (χ0) is 19.4. The average molecular weight is 384 g/mol. The van der Waals surface area contributed by atoms with Gasteiger partial charge >= 0.3 is 5.97 Å². The third-order valence-electron chi connectivity index (χ3n) is 3.76. The quantitative estimate of drug-likeness (QED) is 0.584. The van der Waals surface area contributed by atoms with Gasteiger partial charge in [0.15, 0.2) is 11.7 Å². The second-order valence-electron chi connectivity index (χ2n) is 5.58. The van der Waals surface area contributed by atoms with Gasteiger partial charge in [-0.15, -0.1) is 0 Å². The van der Waals surface area contributed by atoms with Crippen LogP contribution in [0.15, 0.2) is 54.2 Å². The summed E-state index contributed by atoms with van der Waals surface area (Å²) in [7, 11) is 1.57. The zero-order valence-corrected chi connectivity index (χ0v) is 15.2. The van der Waals surface area contributed by atoms with Gasteiger partial charge in [-0.1, -0.05) is 12.1 Å². The van der Waals surface area contributed by atoms with Crippen molar-refractivity contribution in [1.29, 1.82) is 0 Å². The van der Waals surface area contributed by atoms with Crippen LogP contribution in [0.4, 0.5) is 5.69 Å². The van der Waals surface area contributed by atoms with Crippen LogP contribution in [0.5, 0.6) is 11.5 Å². The lowest BCUT2D eigenvalue weighted by Crippen LogP contribution is -2.30. The molecule has 1 saturated heterocycles. The van der Waals surface area contributed by atoms with Crippen LogP contribution in [0.2, 0.25) is 0 Å². The maximum absolute atomic E-state index is 12.7. The third-order valence-corrected chi connectivity index (χ3v) is 4.05. The molecule has 2 N–H and O–H groups in total. The molecular formula is C19H16N2O5S. The first-order chi connectivity index (χ1) is 13.0. The van der Waals surface area contributed by atoms with Crippen molar-refractivity contribution in [3.8, 4) is 11.5 Å². The Kier molecular flexibility index (Phi) is 5.37. The molecule has 7 nitrogen and oxygen atoms in total. The van der Waals surface area contributed by atoms with Crippen LogP contribution in [0.3, 0.4) is 0 Å². The van der Waals surface area contributed by atoms with Gasteiger partial charge in [0.25, 0.3) is 5.91 Å². The van der Waals surface area contributed by atoms with Crippen LogP contribution in [-0.4, -0.2) is 35.8 Å². The molecule has 0 aromatic heterocycles. The monoisotopic (exact) mass is 384 g/mol. The van der Waals surface area contributed by atoms with Gasteiger partial charge in [-0.25, -0.2) is 4.79 Å². The molecule has 1 amide bonds. The molecule has 0 aliphatic carbocycles. The van der Waals surface area contributed by atoms with Gasteiger partial charge in [0.05, 0.1) is 12.8 Å². The maximum Gasteiger partial charge on any atom is 0.341 e. The minimum Gasteiger partial charge on any atom is -0.497 e. The minimum atomic E-state index is -1.05. The molecule has 0 unspecified atom stereocenters. The van der Waals surface area contributed by atoms with E-state index >= 15 is 0 Å². The number of anilines is 1. The van der Waals surface area contributed by atoms with E-state index in [0.717, 1.165) is 5.56 Å². The van der Waals surface area contributed by atoms with Crippen molar-refractivity contribution in [2.45, 2.75) is 0 Å². The summed E-state index contributed by atoms with van der Waals surface area (Å²) in [6, 6.07) is 13.7. The van der Waals surface area contributed by atoms with Crippen molar-refractivity contribution in [3.05, 3.63) is 59.8 Å². The summed E-state index contributed by atoms with van der Waals surface area (Å²) in [6.45, 7) is -0.411. The Bertz CT molecular complexity index is 907. The van der Waals surface area contributed by atoms with Crippen LogP contribution in [0, 0.1) is 0 Å². The topological polar surface area (TPSA) is 88.1 Å². The number of methoxy groups -OCH3 is 1. The summed E-state index contributed by atoms with van der Waals surface area (Å²) in [5, 5.41) is 11.8. The van der Waals surface area contributed by atoms with Crippen molar-refractivity contribution in [2.24, 2.45) is 0 Å². The standard InChI is InChI=1S/C19H16N2O5S/c1-25-14-8-4-13(5-9-14)21-18(24)16(20-19(21)27)10-12-2-6-15(7-3-12)26-11-17(22)23/h2-10H,11H2,1H3,(H,20,27)(H,22,23). The Morgan fingerprint density at radius 1 is 1.15 bits per heavy atom. The number of carboxylic acids is 1. The van der Waals surface area contributed by atoms with E-state index in [0.29, 0.717) is 22.9 Å². The molecule has 0 saturated carbocycles. The summed E-state index contributed by atoms with van der Waals surface area (Å²) >= 11 is 5.28. The molecule has 1 fully saturated rings. The van der Waals surface area contributed by atoms with Crippen molar-refractivity contribution < 1.29 is 24.2 Å². The van der Waals surface area contributed by atoms with Gasteiger partial charge in [-0.05, 0) is 60.3 Å². The Balaban J connectivity index is 1.76. The number of hydrogen-bond donors (Lipinski definition) is 2. The highest BCUT2D eigenvalue weighted by Crippen LogP contribution is 2.25. The lowest BCUT2D eigenvalue weighted by Gasteiger charge is -2.14. The maximum atomic E-state index is 12.7. The summed E-state index contributed by atoms with van der Waals surface area (Å²) in [5.41, 5.74) is 1.72. The number of carboxylic acid groups (broad SMARTS) is 1. The van der Waals surface area contributed by atoms with E-state index in [1.54, 1.807) is 61.7 Å². The fourth-order valence-corrected chi connectivity index (χ4v) is 2.77. The van der Waals surface area contributed by atoms with Gasteiger partial charge in [0.2, 0.25) is 0 Å². The van der Waals surface area contributed by atoms with E-state index in [2.05, 4.69) is 5.32 Å². The van der Waals surface area contributed by atoms with Gasteiger partial charge < -0.3 is 19.9 Å². The number of nitrogens with zero attached hydrogens (tertiary/aromatic N) is 1. The Labute approximate surface area is 160 Å². The molecule has 2 aromatic carbocycles. The molecule has 0 spiro atoms. The first-order valence-corrected chi connectivity index (χ1v) is 8.34. The van der Waals surface area contributed by atoms with E-state index in [4.69, 9.17) is 26.8 Å². The smallest absolute Gasteiger partial charge is 0.341 e. The first-order valence-electron chi connectivity index (χ1n) is 7.94. The number of hydrogen-bond acceptors (Lipinski definition) is 5. The van der Waals surface area contributed by atoms with Gasteiger partial charge in [-0.3, -0.25) is 9.69 Å². The first kappa shape index (κ1) is 18.4. The van der Waals surface area contributed by atoms with Gasteiger partial charge in [-0.2, -0.15) is 0 Å². The Hall–Kier alpha value is -3.39. The molecule has 0 radical (unpaired) electrons. The fourth-order valence-electron chi connectivity index (χ4n) is 2.47. The molecule has 1 aliphatic heterocycles. The van der Waals surface area contributed by atoms with E-state index < -0.39 is 12.6 Å². The minimum absolute atomic E-state index is 0.267. The van der Waals surface area contributed by atoms with E-state index in [9.17, 15) is 9.59 Å². The Morgan fingerprint density at radius 2 is 1.78 bits per heavy atom. The summed E-state index contributed by atoms with van der Waals surface area (Å²) in [6.07, 6.45) is 1.67. The number of nitrogens with one attached hydrogen (secondary N) is 1. The van der Waals surface area contributed by atoms with Crippen molar-refractivity contribution in [3.63, 3.8) is 0 Å². The Morgan fingerprint density at radius 3 is 2.37 bits per heavy atom. The molecule has 3 rings (SSSR count). The normalized spacial score (nSPS) is 15.0. The zero-order valence-electron chi connectivity index (χ0n) is 14.3. The number of carbonyl (C=O) groups is 2. The number of amides is 1. The predicted molar refractivity (Wildman–Crippen MR) is 104 cm³/mol. The van der Waals surface area contributed by atoms with Crippen LogP contribution in [0.25, 0.3) is 6.08 Å². The van der Waals surface area contributed by atoms with Crippen LogP contribution >= 0.6 is 12.2 Å². The molecule has 0 atom stereocenters. The second-order valence-corrected chi connectivity index (χ2v) is 5.96. The molecule has 27 heavy (non-hydrogen) atoms. The summed E-state index contributed by atoms with van der Waals surface area (Å²) in [5.74, 6) is -0.198. The lowest BCUT2D eigenvalue weighted by atomic mass is 10.2. The van der Waals surface area contributed by atoms with E-state index in [1.165, 1.54) is 4.90 Å². The lowest BCUT2D eigenvalue weighted by molar-refractivity contribution is -0.139. The second kappa shape index (κ2) is 7.88. The number of rotatable bonds is 6. The fraction of sp³-hybridized carbons (Fsp3) is 0.105. The van der Waals surface area contributed by atoms with Crippen molar-refractivity contribution in [1.82, 2.24) is 5.32 Å². The SMILES string of the molecule is COc1ccc(N2C(=O)C(=Cc3ccc(OCC(=O)O)cc3)NC2=S)cc1. The molecule has 0 bridgehead atoms. The third kappa shape index (κ3) is 4.24. The highest BCUT2D eigenvalue weighted by molar-refractivity contribution is 7.80. The van der Waals surface area contributed by atoms with Crippen LogP contribution < -0.4 is 19.7 Å². The highest BCUT2D eigenvalue weighted by Gasteiger charge is 2.31. The van der Waals surface area contributed by atoms with Crippen molar-refractivity contribution in [2.75, 3.05) is 18.6 Å². The summed E-state index contributed by atoms with van der Waals surface area (Å²) in [4.78, 5) is 24.6. The number of carbonyl (C=O) groups excluding carboxylic acids is 1. The molecule has 8 heteroatoms. The number of benzene rings is 2. The number of ether oxygens (including phenoxy) is 2. The molecule has 1 aliphatic rings. The molecule has 2 aromatic rings. The molecule has 1 heterocycles. The number of aliphatic carboxylic acids is 1. The highest BCUT2D eigenvalue weighted by atomic mass is 32.1.